The molecule has 6 nitrogen and oxygen atoms in total. The summed E-state index contributed by atoms with van der Waals surface area (Å²) in [5, 5.41) is 2.96. The van der Waals surface area contributed by atoms with Gasteiger partial charge in [-0.05, 0) is 80.6 Å². The largest absolute Gasteiger partial charge is 0.484 e. The molecule has 0 aliphatic heterocycles. The minimum Gasteiger partial charge on any atom is -0.484 e. The van der Waals surface area contributed by atoms with Crippen molar-refractivity contribution in [2.75, 3.05) is 20.7 Å². The Hall–Kier alpha value is -2.38. The Kier molecular flexibility index (Phi) is 7.08. The molecule has 0 unspecified atom stereocenters. The van der Waals surface area contributed by atoms with Gasteiger partial charge in [0.15, 0.2) is 6.61 Å². The van der Waals surface area contributed by atoms with Crippen LogP contribution in [-0.4, -0.2) is 39.3 Å². The van der Waals surface area contributed by atoms with Gasteiger partial charge in [-0.25, -0.2) is 12.7 Å². The van der Waals surface area contributed by atoms with Crippen LogP contribution in [0, 0.1) is 27.7 Å². The van der Waals surface area contributed by atoms with Crippen LogP contribution in [0.4, 0.5) is 0 Å². The van der Waals surface area contributed by atoms with Crippen LogP contribution < -0.4 is 10.1 Å². The van der Waals surface area contributed by atoms with Crippen LogP contribution in [0.2, 0.25) is 0 Å². The van der Waals surface area contributed by atoms with Crippen LogP contribution in [0.15, 0.2) is 35.2 Å². The quantitative estimate of drug-likeness (QED) is 0.747. The molecule has 0 saturated carbocycles. The summed E-state index contributed by atoms with van der Waals surface area (Å²) in [7, 11) is -0.538. The molecule has 1 atom stereocenters. The second-order valence-electron chi connectivity index (χ2n) is 7.59. The maximum Gasteiger partial charge on any atom is 0.258 e. The van der Waals surface area contributed by atoms with E-state index in [9.17, 15) is 13.2 Å². The monoisotopic (exact) mass is 418 g/mol. The maximum atomic E-state index is 12.4. The molecule has 2 aromatic carbocycles. The number of sulfonamides is 1. The lowest BCUT2D eigenvalue weighted by Gasteiger charge is -2.19. The molecule has 0 radical (unpaired) electrons. The summed E-state index contributed by atoms with van der Waals surface area (Å²) in [6.07, 6.45) is 0. The van der Waals surface area contributed by atoms with Crippen LogP contribution in [0.3, 0.4) is 0 Å². The molecule has 29 heavy (non-hydrogen) atoms. The number of aryl methyl sites for hydroxylation is 4. The first kappa shape index (κ1) is 22.9. The molecule has 0 saturated heterocycles. The Balaban J connectivity index is 2.03. The number of hydrogen-bond acceptors (Lipinski definition) is 4. The number of benzene rings is 2. The topological polar surface area (TPSA) is 75.7 Å². The number of rotatable bonds is 7. The zero-order valence-corrected chi connectivity index (χ0v) is 19.0. The number of hydrogen-bond donors (Lipinski definition) is 1. The number of nitrogens with one attached hydrogen (secondary N) is 1. The molecule has 1 N–H and O–H groups in total. The fourth-order valence-electron chi connectivity index (χ4n) is 3.11. The Morgan fingerprint density at radius 1 is 1.00 bits per heavy atom. The number of carbonyl (C=O) groups excluding carboxylic acids is 1. The summed E-state index contributed by atoms with van der Waals surface area (Å²) >= 11 is 0. The predicted molar refractivity (Wildman–Crippen MR) is 115 cm³/mol. The lowest BCUT2D eigenvalue weighted by molar-refractivity contribution is -0.123. The lowest BCUT2D eigenvalue weighted by Crippen LogP contribution is -2.31. The molecule has 7 heteroatoms. The highest BCUT2D eigenvalue weighted by atomic mass is 32.2. The van der Waals surface area contributed by atoms with Crippen molar-refractivity contribution < 1.29 is 17.9 Å². The van der Waals surface area contributed by atoms with Crippen LogP contribution in [-0.2, 0) is 14.8 Å². The van der Waals surface area contributed by atoms with Gasteiger partial charge in [-0.2, -0.15) is 0 Å². The van der Waals surface area contributed by atoms with Gasteiger partial charge in [-0.1, -0.05) is 12.1 Å². The number of carbonyl (C=O) groups is 1. The van der Waals surface area contributed by atoms with Crippen molar-refractivity contribution in [2.24, 2.45) is 0 Å². The number of nitrogens with zero attached hydrogens (tertiary/aromatic N) is 1. The van der Waals surface area contributed by atoms with Gasteiger partial charge < -0.3 is 10.1 Å². The number of amides is 1. The van der Waals surface area contributed by atoms with Crippen LogP contribution in [0.5, 0.6) is 5.75 Å². The molecule has 0 aliphatic carbocycles. The molecular weight excluding hydrogens is 388 g/mol. The van der Waals surface area contributed by atoms with Crippen molar-refractivity contribution in [3.63, 3.8) is 0 Å². The third-order valence-electron chi connectivity index (χ3n) is 5.01. The standard InChI is InChI=1S/C22H30N2O4S/c1-14-10-16(3)20(12-15(14)2)18(5)23-22(25)13-28-21-9-8-19(11-17(21)4)29(26,27)24(6)7/h8-12,18H,13H2,1-7H3,(H,23,25)/t18-/m0/s1. The van der Waals surface area contributed by atoms with Gasteiger partial charge in [0.05, 0.1) is 10.9 Å². The lowest BCUT2D eigenvalue weighted by atomic mass is 9.96. The number of ether oxygens (including phenoxy) is 1. The second-order valence-corrected chi connectivity index (χ2v) is 9.74. The van der Waals surface area contributed by atoms with Crippen molar-refractivity contribution >= 4 is 15.9 Å². The fourth-order valence-corrected chi connectivity index (χ4v) is 4.10. The summed E-state index contributed by atoms with van der Waals surface area (Å²) in [4.78, 5) is 12.5. The molecule has 158 valence electrons. The first-order valence-electron chi connectivity index (χ1n) is 9.46. The van der Waals surface area contributed by atoms with Crippen molar-refractivity contribution in [1.82, 2.24) is 9.62 Å². The molecule has 0 bridgehead atoms. The van der Waals surface area contributed by atoms with Crippen molar-refractivity contribution in [1.29, 1.82) is 0 Å². The Bertz CT molecular complexity index is 1010. The van der Waals surface area contributed by atoms with E-state index in [4.69, 9.17) is 4.74 Å². The van der Waals surface area contributed by atoms with Crippen LogP contribution >= 0.6 is 0 Å². The van der Waals surface area contributed by atoms with Crippen molar-refractivity contribution in [2.45, 2.75) is 45.6 Å². The molecule has 1 amide bonds. The highest BCUT2D eigenvalue weighted by Crippen LogP contribution is 2.24. The average molecular weight is 419 g/mol. The third kappa shape index (κ3) is 5.36. The minimum atomic E-state index is -3.51. The van der Waals surface area contributed by atoms with E-state index >= 15 is 0 Å². The van der Waals surface area contributed by atoms with E-state index < -0.39 is 10.0 Å². The van der Waals surface area contributed by atoms with Crippen molar-refractivity contribution in [3.05, 3.63) is 58.1 Å². The highest BCUT2D eigenvalue weighted by molar-refractivity contribution is 7.89. The van der Waals surface area contributed by atoms with Gasteiger partial charge in [0, 0.05) is 14.1 Å². The first-order valence-corrected chi connectivity index (χ1v) is 10.9. The van der Waals surface area contributed by atoms with Crippen LogP contribution in [0.25, 0.3) is 0 Å². The average Bonchev–Trinajstić information content (AvgIpc) is 2.63. The van der Waals surface area contributed by atoms with Gasteiger partial charge in [-0.15, -0.1) is 0 Å². The zero-order chi connectivity index (χ0) is 21.9. The summed E-state index contributed by atoms with van der Waals surface area (Å²) < 4.78 is 31.2. The van der Waals surface area contributed by atoms with Crippen LogP contribution in [0.1, 0.15) is 40.8 Å². The molecule has 0 aromatic heterocycles. The minimum absolute atomic E-state index is 0.140. The summed E-state index contributed by atoms with van der Waals surface area (Å²) in [6.45, 7) is 9.71. The molecule has 2 rings (SSSR count). The van der Waals surface area contributed by atoms with E-state index in [-0.39, 0.29) is 23.5 Å². The summed E-state index contributed by atoms with van der Waals surface area (Å²) in [5.41, 5.74) is 5.28. The second kappa shape index (κ2) is 8.97. The first-order chi connectivity index (χ1) is 13.4. The molecular formula is C22H30N2O4S. The zero-order valence-electron chi connectivity index (χ0n) is 18.2. The van der Waals surface area contributed by atoms with Gasteiger partial charge in [0.25, 0.3) is 5.91 Å². The molecule has 0 heterocycles. The van der Waals surface area contributed by atoms with Gasteiger partial charge in [0.1, 0.15) is 5.75 Å². The smallest absolute Gasteiger partial charge is 0.258 e. The molecule has 0 fully saturated rings. The van der Waals surface area contributed by atoms with Gasteiger partial charge >= 0.3 is 0 Å². The summed E-state index contributed by atoms with van der Waals surface area (Å²) in [5.74, 6) is 0.243. The van der Waals surface area contributed by atoms with Crippen molar-refractivity contribution in [3.8, 4) is 5.75 Å². The predicted octanol–water partition coefficient (Wildman–Crippen LogP) is 3.43. The molecule has 0 spiro atoms. The summed E-state index contributed by atoms with van der Waals surface area (Å²) in [6, 6.07) is 8.69. The Morgan fingerprint density at radius 3 is 2.21 bits per heavy atom. The highest BCUT2D eigenvalue weighted by Gasteiger charge is 2.19. The van der Waals surface area contributed by atoms with E-state index in [0.29, 0.717) is 11.3 Å². The van der Waals surface area contributed by atoms with Gasteiger partial charge in [0.2, 0.25) is 10.0 Å². The maximum absolute atomic E-state index is 12.4. The normalized spacial score (nSPS) is 12.7. The Morgan fingerprint density at radius 2 is 1.62 bits per heavy atom. The fraction of sp³-hybridized carbons (Fsp3) is 0.409. The SMILES string of the molecule is Cc1cc(C)c([C@H](C)NC(=O)COc2ccc(S(=O)(=O)N(C)C)cc2C)cc1C. The van der Waals surface area contributed by atoms with E-state index in [1.165, 1.54) is 31.3 Å². The van der Waals surface area contributed by atoms with Gasteiger partial charge in [-0.3, -0.25) is 4.79 Å². The van der Waals surface area contributed by atoms with E-state index in [1.807, 2.05) is 13.8 Å². The van der Waals surface area contributed by atoms with E-state index in [1.54, 1.807) is 19.1 Å². The van der Waals surface area contributed by atoms with E-state index in [0.717, 1.165) is 15.4 Å². The molecule has 2 aromatic rings. The molecule has 0 aliphatic rings. The Labute approximate surface area is 173 Å². The third-order valence-corrected chi connectivity index (χ3v) is 6.82. The van der Waals surface area contributed by atoms with E-state index in [2.05, 4.69) is 31.3 Å².